The van der Waals surface area contributed by atoms with Gasteiger partial charge >= 0.3 is 6.09 Å². The van der Waals surface area contributed by atoms with Crippen LogP contribution in [0.15, 0.2) is 24.3 Å². The summed E-state index contributed by atoms with van der Waals surface area (Å²) in [6.07, 6.45) is 4.34. The van der Waals surface area contributed by atoms with Gasteiger partial charge in [-0.15, -0.1) is 0 Å². The van der Waals surface area contributed by atoms with E-state index in [-0.39, 0.29) is 12.5 Å². The second-order valence-electron chi connectivity index (χ2n) is 9.42. The third kappa shape index (κ3) is 11.0. The quantitative estimate of drug-likeness (QED) is 0.305. The Kier molecular flexibility index (Phi) is 13.2. The van der Waals surface area contributed by atoms with Crippen molar-refractivity contribution in [3.63, 3.8) is 0 Å². The molecule has 35 heavy (non-hydrogen) atoms. The molecule has 0 saturated carbocycles. The summed E-state index contributed by atoms with van der Waals surface area (Å²) in [7, 11) is 0. The molecular formula is C26H40N4O4S. The molecule has 0 saturated heterocycles. The zero-order chi connectivity index (χ0) is 26.4. The molecule has 1 rings (SSSR count). The van der Waals surface area contributed by atoms with Gasteiger partial charge in [0.2, 0.25) is 11.8 Å². The van der Waals surface area contributed by atoms with Crippen molar-refractivity contribution in [3.05, 3.63) is 35.4 Å². The van der Waals surface area contributed by atoms with Gasteiger partial charge in [0.15, 0.2) is 0 Å². The van der Waals surface area contributed by atoms with Gasteiger partial charge in [-0.2, -0.15) is 17.0 Å². The van der Waals surface area contributed by atoms with Gasteiger partial charge in [0.1, 0.15) is 24.2 Å². The van der Waals surface area contributed by atoms with Gasteiger partial charge in [0.05, 0.1) is 6.07 Å². The molecule has 1 aromatic carbocycles. The van der Waals surface area contributed by atoms with Gasteiger partial charge in [0.25, 0.3) is 0 Å². The van der Waals surface area contributed by atoms with E-state index >= 15 is 0 Å². The highest BCUT2D eigenvalue weighted by atomic mass is 32.2. The van der Waals surface area contributed by atoms with Crippen LogP contribution in [0.4, 0.5) is 4.79 Å². The number of benzene rings is 1. The predicted octanol–water partition coefficient (Wildman–Crippen LogP) is 4.34. The lowest BCUT2D eigenvalue weighted by molar-refractivity contribution is -0.141. The van der Waals surface area contributed by atoms with Crippen molar-refractivity contribution in [2.75, 3.05) is 25.1 Å². The van der Waals surface area contributed by atoms with Crippen LogP contribution >= 0.6 is 11.8 Å². The Morgan fingerprint density at radius 1 is 1.23 bits per heavy atom. The summed E-state index contributed by atoms with van der Waals surface area (Å²) >= 11 is 1.53. The molecule has 0 aromatic heterocycles. The summed E-state index contributed by atoms with van der Waals surface area (Å²) in [6.45, 7) is 9.39. The molecule has 0 bridgehead atoms. The fourth-order valence-electron chi connectivity index (χ4n) is 3.51. The van der Waals surface area contributed by atoms with E-state index in [2.05, 4.69) is 17.6 Å². The molecule has 0 radical (unpaired) electrons. The second-order valence-corrected chi connectivity index (χ2v) is 10.4. The average molecular weight is 505 g/mol. The van der Waals surface area contributed by atoms with E-state index in [1.165, 1.54) is 16.7 Å². The molecule has 2 unspecified atom stereocenters. The number of unbranched alkanes of at least 4 members (excludes halogenated alkanes) is 2. The SMILES string of the molecule is CCCCCNC(=O)C(c1cccc(C)c1)N(CC#N)C(=O)C(CCSC)NC(=O)OC(C)(C)C. The molecule has 0 heterocycles. The van der Waals surface area contributed by atoms with E-state index in [1.54, 1.807) is 26.8 Å². The zero-order valence-electron chi connectivity index (χ0n) is 21.8. The maximum absolute atomic E-state index is 13.7. The number of thioether (sulfide) groups is 1. The van der Waals surface area contributed by atoms with Crippen LogP contribution in [0.1, 0.15) is 70.5 Å². The third-order valence-corrected chi connectivity index (χ3v) is 5.77. The fourth-order valence-corrected chi connectivity index (χ4v) is 3.98. The lowest BCUT2D eigenvalue weighted by atomic mass is 10.0. The smallest absolute Gasteiger partial charge is 0.408 e. The van der Waals surface area contributed by atoms with E-state index in [0.29, 0.717) is 24.3 Å². The van der Waals surface area contributed by atoms with E-state index in [1.807, 2.05) is 37.4 Å². The summed E-state index contributed by atoms with van der Waals surface area (Å²) < 4.78 is 5.35. The molecule has 3 amide bonds. The van der Waals surface area contributed by atoms with Crippen molar-refractivity contribution in [2.45, 2.75) is 78.0 Å². The lowest BCUT2D eigenvalue weighted by Crippen LogP contribution is -2.53. The first-order chi connectivity index (χ1) is 16.5. The number of hydrogen-bond acceptors (Lipinski definition) is 6. The summed E-state index contributed by atoms with van der Waals surface area (Å²) in [5.41, 5.74) is 0.815. The Labute approximate surface area is 214 Å². The van der Waals surface area contributed by atoms with Crippen LogP contribution in [0.5, 0.6) is 0 Å². The Hall–Kier alpha value is -2.73. The van der Waals surface area contributed by atoms with Crippen molar-refractivity contribution in [3.8, 4) is 6.07 Å². The number of nitrogens with zero attached hydrogens (tertiary/aromatic N) is 2. The minimum Gasteiger partial charge on any atom is -0.444 e. The first-order valence-corrected chi connectivity index (χ1v) is 13.4. The molecule has 0 aliphatic carbocycles. The van der Waals surface area contributed by atoms with Crippen LogP contribution in [0.3, 0.4) is 0 Å². The predicted molar refractivity (Wildman–Crippen MR) is 140 cm³/mol. The van der Waals surface area contributed by atoms with Gasteiger partial charge in [0, 0.05) is 6.54 Å². The Balaban J connectivity index is 3.33. The van der Waals surface area contributed by atoms with Crippen LogP contribution in [-0.4, -0.2) is 59.5 Å². The Bertz CT molecular complexity index is 879. The standard InChI is InChI=1S/C26H40N4O4S/c1-7-8-9-15-28-23(31)22(20-12-10-11-19(2)18-20)30(16-14-27)24(32)21(13-17-35-6)29-25(33)34-26(3,4)5/h10-12,18,21-22H,7-9,13,15-17H2,1-6H3,(H,28,31)(H,29,33). The number of amides is 3. The van der Waals surface area contributed by atoms with Crippen LogP contribution in [-0.2, 0) is 14.3 Å². The molecule has 8 nitrogen and oxygen atoms in total. The molecule has 0 aliphatic heterocycles. The maximum Gasteiger partial charge on any atom is 0.408 e. The van der Waals surface area contributed by atoms with Crippen molar-refractivity contribution in [1.29, 1.82) is 5.26 Å². The normalized spacial score (nSPS) is 12.7. The van der Waals surface area contributed by atoms with E-state index in [4.69, 9.17) is 4.74 Å². The number of carbonyl (C=O) groups is 3. The Morgan fingerprint density at radius 3 is 2.51 bits per heavy atom. The summed E-state index contributed by atoms with van der Waals surface area (Å²) in [5.74, 6) is -0.247. The van der Waals surface area contributed by atoms with E-state index in [9.17, 15) is 19.6 Å². The average Bonchev–Trinajstić information content (AvgIpc) is 2.77. The minimum absolute atomic E-state index is 0.300. The molecular weight excluding hydrogens is 464 g/mol. The Morgan fingerprint density at radius 2 is 1.94 bits per heavy atom. The highest BCUT2D eigenvalue weighted by Crippen LogP contribution is 2.24. The summed E-state index contributed by atoms with van der Waals surface area (Å²) in [5, 5.41) is 15.1. The monoisotopic (exact) mass is 504 g/mol. The molecule has 9 heteroatoms. The third-order valence-electron chi connectivity index (χ3n) is 5.12. The van der Waals surface area contributed by atoms with Gasteiger partial charge in [-0.1, -0.05) is 49.6 Å². The molecule has 0 fully saturated rings. The maximum atomic E-state index is 13.7. The molecule has 0 spiro atoms. The highest BCUT2D eigenvalue weighted by Gasteiger charge is 2.36. The van der Waals surface area contributed by atoms with Crippen LogP contribution in [0.2, 0.25) is 0 Å². The van der Waals surface area contributed by atoms with Crippen LogP contribution < -0.4 is 10.6 Å². The second kappa shape index (κ2) is 15.3. The number of alkyl carbamates (subject to hydrolysis) is 1. The largest absolute Gasteiger partial charge is 0.444 e. The van der Waals surface area contributed by atoms with Crippen molar-refractivity contribution in [2.24, 2.45) is 0 Å². The first kappa shape index (κ1) is 30.3. The van der Waals surface area contributed by atoms with Gasteiger partial charge in [-0.3, -0.25) is 9.59 Å². The van der Waals surface area contributed by atoms with Crippen molar-refractivity contribution < 1.29 is 19.1 Å². The van der Waals surface area contributed by atoms with Gasteiger partial charge in [-0.25, -0.2) is 4.79 Å². The van der Waals surface area contributed by atoms with E-state index < -0.39 is 29.7 Å². The molecule has 2 N–H and O–H groups in total. The van der Waals surface area contributed by atoms with Crippen molar-refractivity contribution >= 4 is 29.7 Å². The van der Waals surface area contributed by atoms with Gasteiger partial charge < -0.3 is 20.3 Å². The first-order valence-electron chi connectivity index (χ1n) is 12.0. The molecule has 194 valence electrons. The number of hydrogen-bond donors (Lipinski definition) is 2. The summed E-state index contributed by atoms with van der Waals surface area (Å²) in [6, 6.07) is 7.43. The lowest BCUT2D eigenvalue weighted by Gasteiger charge is -2.33. The summed E-state index contributed by atoms with van der Waals surface area (Å²) in [4.78, 5) is 40.8. The number of nitrogens with one attached hydrogen (secondary N) is 2. The highest BCUT2D eigenvalue weighted by molar-refractivity contribution is 7.98. The number of carbonyl (C=O) groups excluding carboxylic acids is 3. The van der Waals surface area contributed by atoms with Crippen molar-refractivity contribution in [1.82, 2.24) is 15.5 Å². The number of nitriles is 1. The van der Waals surface area contributed by atoms with Crippen LogP contribution in [0.25, 0.3) is 0 Å². The number of rotatable bonds is 13. The zero-order valence-corrected chi connectivity index (χ0v) is 22.7. The number of ether oxygens (including phenoxy) is 1. The van der Waals surface area contributed by atoms with Crippen LogP contribution in [0, 0.1) is 18.3 Å². The van der Waals surface area contributed by atoms with Gasteiger partial charge in [-0.05, 0) is 58.1 Å². The molecule has 2 atom stereocenters. The number of aryl methyl sites for hydroxylation is 1. The molecule has 0 aliphatic rings. The topological polar surface area (TPSA) is 112 Å². The van der Waals surface area contributed by atoms with E-state index in [0.717, 1.165) is 24.8 Å². The fraction of sp³-hybridized carbons (Fsp3) is 0.615. The molecule has 1 aromatic rings. The minimum atomic E-state index is -0.999.